The number of aliphatic imine (C=N–C) groups is 1. The Labute approximate surface area is 196 Å². The number of nitrogens with one attached hydrogen (secondary N) is 1. The Kier molecular flexibility index (Phi) is 4.97. The number of fused-ring (bicyclic) bond motifs is 1. The second-order valence-electron chi connectivity index (χ2n) is 8.56. The summed E-state index contributed by atoms with van der Waals surface area (Å²) in [6, 6.07) is 16.4. The van der Waals surface area contributed by atoms with Crippen molar-refractivity contribution in [2.75, 3.05) is 19.4 Å². The van der Waals surface area contributed by atoms with Gasteiger partial charge in [0.1, 0.15) is 5.54 Å². The van der Waals surface area contributed by atoms with Crippen molar-refractivity contribution in [3.63, 3.8) is 0 Å². The Hall–Kier alpha value is -3.65. The minimum absolute atomic E-state index is 0.0691. The predicted molar refractivity (Wildman–Crippen MR) is 135 cm³/mol. The van der Waals surface area contributed by atoms with Crippen LogP contribution in [0.5, 0.6) is 0 Å². The standard InChI is InChI=1S/C25H26N6OS/c1-25(21-12-18(14-33-21)15-6-5-7-19(11-15)27-2)22(23(32)30(3)24(26)29-25)16-8-9-20-17(10-16)13-28-31(20)4/h5-14,22,27H,1-4H3,(H2,26,29)/t22-,25+/m0/s1. The molecule has 2 aromatic carbocycles. The molecule has 7 nitrogen and oxygen atoms in total. The van der Waals surface area contributed by atoms with Crippen molar-refractivity contribution < 1.29 is 4.79 Å². The Morgan fingerprint density at radius 3 is 2.73 bits per heavy atom. The van der Waals surface area contributed by atoms with Gasteiger partial charge in [0.2, 0.25) is 5.91 Å². The number of thiophene rings is 1. The second-order valence-corrected chi connectivity index (χ2v) is 9.48. The summed E-state index contributed by atoms with van der Waals surface area (Å²) in [7, 11) is 5.50. The summed E-state index contributed by atoms with van der Waals surface area (Å²) >= 11 is 1.60. The van der Waals surface area contributed by atoms with Gasteiger partial charge in [-0.15, -0.1) is 11.3 Å². The third-order valence-corrected chi connectivity index (χ3v) is 7.67. The van der Waals surface area contributed by atoms with Gasteiger partial charge in [0, 0.05) is 37.1 Å². The first-order valence-electron chi connectivity index (χ1n) is 10.7. The van der Waals surface area contributed by atoms with Crippen molar-refractivity contribution in [1.82, 2.24) is 14.7 Å². The average Bonchev–Trinajstić information content (AvgIpc) is 3.45. The molecule has 0 spiro atoms. The number of guanidine groups is 1. The van der Waals surface area contributed by atoms with Crippen molar-refractivity contribution >= 4 is 39.8 Å². The van der Waals surface area contributed by atoms with Crippen molar-refractivity contribution in [2.24, 2.45) is 17.8 Å². The number of hydrogen-bond donors (Lipinski definition) is 2. The summed E-state index contributed by atoms with van der Waals surface area (Å²) in [4.78, 5) is 20.9. The van der Waals surface area contributed by atoms with Crippen LogP contribution in [0.4, 0.5) is 5.69 Å². The van der Waals surface area contributed by atoms with Gasteiger partial charge < -0.3 is 11.1 Å². The molecule has 5 rings (SSSR count). The number of rotatable bonds is 4. The van der Waals surface area contributed by atoms with Gasteiger partial charge in [0.15, 0.2) is 5.96 Å². The van der Waals surface area contributed by atoms with Gasteiger partial charge in [0.05, 0.1) is 17.6 Å². The normalized spacial score (nSPS) is 20.8. The molecule has 3 heterocycles. The first-order valence-corrected chi connectivity index (χ1v) is 11.6. The monoisotopic (exact) mass is 458 g/mol. The zero-order valence-electron chi connectivity index (χ0n) is 19.0. The van der Waals surface area contributed by atoms with Crippen LogP contribution < -0.4 is 11.1 Å². The third-order valence-electron chi connectivity index (χ3n) is 6.52. The van der Waals surface area contributed by atoms with E-state index in [0.29, 0.717) is 0 Å². The largest absolute Gasteiger partial charge is 0.388 e. The Morgan fingerprint density at radius 1 is 1.12 bits per heavy atom. The zero-order valence-corrected chi connectivity index (χ0v) is 19.9. The van der Waals surface area contributed by atoms with E-state index in [1.54, 1.807) is 18.4 Å². The molecular formula is C25H26N6OS. The minimum atomic E-state index is -0.826. The lowest BCUT2D eigenvalue weighted by molar-refractivity contribution is -0.130. The van der Waals surface area contributed by atoms with Crippen LogP contribution in [0.25, 0.3) is 22.0 Å². The van der Waals surface area contributed by atoms with Crippen LogP contribution in [-0.2, 0) is 17.4 Å². The maximum atomic E-state index is 13.6. The molecule has 4 aromatic rings. The molecule has 0 unspecified atom stereocenters. The van der Waals surface area contributed by atoms with Crippen LogP contribution in [0, 0.1) is 0 Å². The van der Waals surface area contributed by atoms with Crippen LogP contribution in [0.15, 0.2) is 65.1 Å². The van der Waals surface area contributed by atoms with Gasteiger partial charge in [-0.05, 0) is 59.3 Å². The first-order chi connectivity index (χ1) is 15.8. The van der Waals surface area contributed by atoms with E-state index in [-0.39, 0.29) is 11.9 Å². The molecule has 3 N–H and O–H groups in total. The number of nitrogens with two attached hydrogens (primary N) is 1. The van der Waals surface area contributed by atoms with Gasteiger partial charge in [-0.3, -0.25) is 14.4 Å². The molecule has 0 aliphatic carbocycles. The topological polar surface area (TPSA) is 88.5 Å². The molecule has 33 heavy (non-hydrogen) atoms. The van der Waals surface area contributed by atoms with E-state index in [4.69, 9.17) is 10.7 Å². The molecule has 2 aromatic heterocycles. The van der Waals surface area contributed by atoms with Crippen molar-refractivity contribution in [3.05, 3.63) is 70.5 Å². The zero-order chi connectivity index (χ0) is 23.3. The number of aryl methyl sites for hydroxylation is 1. The summed E-state index contributed by atoms with van der Waals surface area (Å²) < 4.78 is 1.83. The molecule has 0 saturated carbocycles. The Balaban J connectivity index is 1.64. The lowest BCUT2D eigenvalue weighted by Gasteiger charge is -2.40. The van der Waals surface area contributed by atoms with E-state index in [2.05, 4.69) is 34.0 Å². The minimum Gasteiger partial charge on any atom is -0.388 e. The van der Waals surface area contributed by atoms with Crippen LogP contribution >= 0.6 is 11.3 Å². The molecular weight excluding hydrogens is 432 g/mol. The Bertz CT molecular complexity index is 1400. The molecule has 0 radical (unpaired) electrons. The highest BCUT2D eigenvalue weighted by atomic mass is 32.1. The fraction of sp³-hybridized carbons (Fsp3) is 0.240. The summed E-state index contributed by atoms with van der Waals surface area (Å²) in [5.74, 6) is -0.344. The van der Waals surface area contributed by atoms with E-state index < -0.39 is 11.5 Å². The number of carbonyl (C=O) groups is 1. The van der Waals surface area contributed by atoms with Crippen molar-refractivity contribution in [1.29, 1.82) is 0 Å². The quantitative estimate of drug-likeness (QED) is 0.481. The molecule has 1 aliphatic rings. The van der Waals surface area contributed by atoms with Crippen molar-refractivity contribution in [2.45, 2.75) is 18.4 Å². The molecule has 8 heteroatoms. The molecule has 168 valence electrons. The molecule has 0 fully saturated rings. The highest BCUT2D eigenvalue weighted by Crippen LogP contribution is 2.47. The summed E-state index contributed by atoms with van der Waals surface area (Å²) in [6.45, 7) is 2.00. The van der Waals surface area contributed by atoms with Crippen LogP contribution in [0.1, 0.15) is 23.3 Å². The maximum Gasteiger partial charge on any atom is 0.239 e. The fourth-order valence-electron chi connectivity index (χ4n) is 4.56. The molecule has 0 bridgehead atoms. The smallest absolute Gasteiger partial charge is 0.239 e. The Morgan fingerprint density at radius 2 is 1.94 bits per heavy atom. The van der Waals surface area contributed by atoms with E-state index in [1.165, 1.54) is 4.90 Å². The fourth-order valence-corrected chi connectivity index (χ4v) is 5.61. The van der Waals surface area contributed by atoms with Gasteiger partial charge >= 0.3 is 0 Å². The van der Waals surface area contributed by atoms with Gasteiger partial charge in [-0.2, -0.15) is 5.10 Å². The van der Waals surface area contributed by atoms with Gasteiger partial charge in [-0.25, -0.2) is 4.99 Å². The van der Waals surface area contributed by atoms with E-state index in [0.717, 1.165) is 38.2 Å². The summed E-state index contributed by atoms with van der Waals surface area (Å²) in [6.07, 6.45) is 1.82. The van der Waals surface area contributed by atoms with E-state index in [9.17, 15) is 4.79 Å². The van der Waals surface area contributed by atoms with E-state index in [1.807, 2.05) is 62.2 Å². The van der Waals surface area contributed by atoms with Crippen molar-refractivity contribution in [3.8, 4) is 11.1 Å². The molecule has 2 atom stereocenters. The number of aromatic nitrogens is 2. The lowest BCUT2D eigenvalue weighted by atomic mass is 9.77. The van der Waals surface area contributed by atoms with Crippen LogP contribution in [-0.4, -0.2) is 40.6 Å². The van der Waals surface area contributed by atoms with Crippen LogP contribution in [0.2, 0.25) is 0 Å². The lowest BCUT2D eigenvalue weighted by Crippen LogP contribution is -2.52. The first kappa shape index (κ1) is 21.2. The maximum absolute atomic E-state index is 13.6. The predicted octanol–water partition coefficient (Wildman–Crippen LogP) is 4.13. The number of nitrogens with zero attached hydrogens (tertiary/aromatic N) is 4. The second kappa shape index (κ2) is 7.74. The molecule has 1 aliphatic heterocycles. The summed E-state index contributed by atoms with van der Waals surface area (Å²) in [5.41, 5.74) is 10.5. The molecule has 1 amide bonds. The van der Waals surface area contributed by atoms with Gasteiger partial charge in [-0.1, -0.05) is 18.2 Å². The van der Waals surface area contributed by atoms with Gasteiger partial charge in [0.25, 0.3) is 0 Å². The number of likely N-dealkylation sites (N-methyl/N-ethyl adjacent to an activating group) is 1. The molecule has 0 saturated heterocycles. The van der Waals surface area contributed by atoms with Crippen LogP contribution in [0.3, 0.4) is 0 Å². The number of benzene rings is 2. The number of hydrogen-bond acceptors (Lipinski definition) is 6. The number of amides is 1. The average molecular weight is 459 g/mol. The highest BCUT2D eigenvalue weighted by molar-refractivity contribution is 7.10. The third kappa shape index (κ3) is 3.38. The van der Waals surface area contributed by atoms with E-state index >= 15 is 0 Å². The summed E-state index contributed by atoms with van der Waals surface area (Å²) in [5, 5.41) is 10.6. The highest BCUT2D eigenvalue weighted by Gasteiger charge is 2.48. The number of carbonyl (C=O) groups excluding carboxylic acids is 1. The number of anilines is 1. The SMILES string of the molecule is CNc1cccc(-c2csc([C@@]3(C)N=C(N)N(C)C(=O)[C@@H]3c3ccc4c(cnn4C)c3)c2)c1.